The Morgan fingerprint density at radius 2 is 2.26 bits per heavy atom. The van der Waals surface area contributed by atoms with E-state index in [1.54, 1.807) is 23.1 Å². The molecule has 1 atom stereocenters. The van der Waals surface area contributed by atoms with E-state index in [0.717, 1.165) is 12.8 Å². The number of rotatable bonds is 5. The normalized spacial score (nSPS) is 16.5. The van der Waals surface area contributed by atoms with Crippen LogP contribution in [0.5, 0.6) is 11.6 Å². The molecule has 1 unspecified atom stereocenters. The maximum absolute atomic E-state index is 13.9. The van der Waals surface area contributed by atoms with E-state index in [2.05, 4.69) is 4.98 Å². The van der Waals surface area contributed by atoms with E-state index < -0.39 is 5.82 Å². The first-order chi connectivity index (χ1) is 13.1. The molecule has 1 aliphatic heterocycles. The van der Waals surface area contributed by atoms with Gasteiger partial charge in [0.25, 0.3) is 5.91 Å². The number of carbonyl (C=O) groups is 1. The Morgan fingerprint density at radius 3 is 3.00 bits per heavy atom. The molecule has 1 aromatic heterocycles. The quantitative estimate of drug-likeness (QED) is 0.810. The summed E-state index contributed by atoms with van der Waals surface area (Å²) in [4.78, 5) is 18.5. The maximum atomic E-state index is 13.9. The van der Waals surface area contributed by atoms with E-state index in [9.17, 15) is 9.18 Å². The Kier molecular flexibility index (Phi) is 5.87. The second-order valence-electron chi connectivity index (χ2n) is 6.41. The molecule has 1 fully saturated rings. The third kappa shape index (κ3) is 4.53. The largest absolute Gasteiger partial charge is 0.494 e. The number of carbonyl (C=O) groups excluding carboxylic acids is 1. The number of amides is 1. The van der Waals surface area contributed by atoms with Crippen LogP contribution in [-0.4, -0.2) is 42.6 Å². The molecule has 1 aliphatic rings. The van der Waals surface area contributed by atoms with Crippen LogP contribution in [0.1, 0.15) is 28.8 Å². The van der Waals surface area contributed by atoms with Crippen LogP contribution in [0.4, 0.5) is 4.39 Å². The van der Waals surface area contributed by atoms with Crippen molar-refractivity contribution in [1.82, 2.24) is 9.88 Å². The average Bonchev–Trinajstić information content (AvgIpc) is 2.72. The number of nitriles is 1. The van der Waals surface area contributed by atoms with Gasteiger partial charge in [0.05, 0.1) is 25.3 Å². The Morgan fingerprint density at radius 1 is 1.41 bits per heavy atom. The fourth-order valence-corrected chi connectivity index (χ4v) is 3.13. The number of likely N-dealkylation sites (tertiary alicyclic amines) is 1. The van der Waals surface area contributed by atoms with E-state index in [1.807, 2.05) is 6.07 Å². The van der Waals surface area contributed by atoms with Crippen LogP contribution >= 0.6 is 0 Å². The molecular weight excluding hydrogens is 349 g/mol. The van der Waals surface area contributed by atoms with Crippen molar-refractivity contribution in [3.05, 3.63) is 53.5 Å². The molecule has 0 N–H and O–H groups in total. The highest BCUT2D eigenvalue weighted by Gasteiger charge is 2.25. The third-order valence-electron chi connectivity index (χ3n) is 4.54. The number of aromatic nitrogens is 1. The van der Waals surface area contributed by atoms with Crippen molar-refractivity contribution in [1.29, 1.82) is 5.26 Å². The highest BCUT2D eigenvalue weighted by molar-refractivity contribution is 5.94. The lowest BCUT2D eigenvalue weighted by molar-refractivity contribution is 0.0630. The standard InChI is InChI=1S/C20H20FN3O3/c1-26-18-5-4-16(10-17(18)21)20(25)24-8-2-3-15(12-24)13-27-19-9-14(11-22)6-7-23-19/h4-7,9-10,15H,2-3,8,12-13H2,1H3. The SMILES string of the molecule is COc1ccc(C(=O)N2CCCC(COc3cc(C#N)ccn3)C2)cc1F. The van der Waals surface area contributed by atoms with Crippen molar-refractivity contribution in [2.24, 2.45) is 5.92 Å². The van der Waals surface area contributed by atoms with Crippen LogP contribution < -0.4 is 9.47 Å². The number of ether oxygens (including phenoxy) is 2. The molecule has 1 amide bonds. The van der Waals surface area contributed by atoms with E-state index in [-0.39, 0.29) is 17.6 Å². The summed E-state index contributed by atoms with van der Waals surface area (Å²) in [6.07, 6.45) is 3.31. The highest BCUT2D eigenvalue weighted by atomic mass is 19.1. The fourth-order valence-electron chi connectivity index (χ4n) is 3.13. The summed E-state index contributed by atoms with van der Waals surface area (Å²) in [5.74, 6) is -0.0915. The van der Waals surface area contributed by atoms with Gasteiger partial charge >= 0.3 is 0 Å². The van der Waals surface area contributed by atoms with Crippen molar-refractivity contribution in [2.75, 3.05) is 26.8 Å². The van der Waals surface area contributed by atoms with Crippen LogP contribution in [0.15, 0.2) is 36.5 Å². The summed E-state index contributed by atoms with van der Waals surface area (Å²) in [5.41, 5.74) is 0.792. The number of hydrogen-bond acceptors (Lipinski definition) is 5. The molecule has 1 saturated heterocycles. The number of hydrogen-bond donors (Lipinski definition) is 0. The molecule has 2 aromatic rings. The van der Waals surface area contributed by atoms with Crippen LogP contribution in [0.2, 0.25) is 0 Å². The zero-order valence-electron chi connectivity index (χ0n) is 15.0. The van der Waals surface area contributed by atoms with E-state index >= 15 is 0 Å². The predicted octanol–water partition coefficient (Wildman–Crippen LogP) is 3.03. The lowest BCUT2D eigenvalue weighted by atomic mass is 9.98. The predicted molar refractivity (Wildman–Crippen MR) is 96.0 cm³/mol. The van der Waals surface area contributed by atoms with Crippen LogP contribution in [0, 0.1) is 23.1 Å². The summed E-state index contributed by atoms with van der Waals surface area (Å²) in [6, 6.07) is 9.49. The van der Waals surface area contributed by atoms with Crippen LogP contribution in [-0.2, 0) is 0 Å². The Hall–Kier alpha value is -3.14. The second kappa shape index (κ2) is 8.49. The molecule has 1 aromatic carbocycles. The number of nitrogens with zero attached hydrogens (tertiary/aromatic N) is 3. The highest BCUT2D eigenvalue weighted by Crippen LogP contribution is 2.22. The van der Waals surface area contributed by atoms with Crippen molar-refractivity contribution in [3.8, 4) is 17.7 Å². The van der Waals surface area contributed by atoms with Gasteiger partial charge in [-0.15, -0.1) is 0 Å². The van der Waals surface area contributed by atoms with E-state index in [1.165, 1.54) is 25.4 Å². The molecule has 6 nitrogen and oxygen atoms in total. The van der Waals surface area contributed by atoms with Gasteiger partial charge < -0.3 is 14.4 Å². The summed E-state index contributed by atoms with van der Waals surface area (Å²) in [5, 5.41) is 8.92. The summed E-state index contributed by atoms with van der Waals surface area (Å²) in [6.45, 7) is 1.57. The third-order valence-corrected chi connectivity index (χ3v) is 4.54. The molecular formula is C20H20FN3O3. The summed E-state index contributed by atoms with van der Waals surface area (Å²) in [7, 11) is 1.39. The second-order valence-corrected chi connectivity index (χ2v) is 6.41. The van der Waals surface area contributed by atoms with Crippen molar-refractivity contribution in [3.63, 3.8) is 0 Å². The number of pyridine rings is 1. The van der Waals surface area contributed by atoms with E-state index in [0.29, 0.717) is 36.7 Å². The zero-order chi connectivity index (χ0) is 19.2. The molecule has 0 aliphatic carbocycles. The van der Waals surface area contributed by atoms with Gasteiger partial charge in [0, 0.05) is 36.8 Å². The molecule has 0 saturated carbocycles. The van der Waals surface area contributed by atoms with E-state index in [4.69, 9.17) is 14.7 Å². The first-order valence-electron chi connectivity index (χ1n) is 8.72. The van der Waals surface area contributed by atoms with Gasteiger partial charge in [0.15, 0.2) is 11.6 Å². The fraction of sp³-hybridized carbons (Fsp3) is 0.350. The summed E-state index contributed by atoms with van der Waals surface area (Å²) >= 11 is 0. The number of piperidine rings is 1. The van der Waals surface area contributed by atoms with Gasteiger partial charge in [-0.1, -0.05) is 0 Å². The molecule has 0 spiro atoms. The maximum Gasteiger partial charge on any atom is 0.253 e. The molecule has 0 radical (unpaired) electrons. The lowest BCUT2D eigenvalue weighted by Crippen LogP contribution is -2.41. The monoisotopic (exact) mass is 369 g/mol. The lowest BCUT2D eigenvalue weighted by Gasteiger charge is -2.32. The minimum Gasteiger partial charge on any atom is -0.494 e. The van der Waals surface area contributed by atoms with Crippen molar-refractivity contribution in [2.45, 2.75) is 12.8 Å². The first-order valence-corrected chi connectivity index (χ1v) is 8.72. The smallest absolute Gasteiger partial charge is 0.253 e. The van der Waals surface area contributed by atoms with Gasteiger partial charge in [-0.2, -0.15) is 5.26 Å². The Labute approximate surface area is 157 Å². The van der Waals surface area contributed by atoms with Gasteiger partial charge in [-0.25, -0.2) is 9.37 Å². The average molecular weight is 369 g/mol. The number of methoxy groups -OCH3 is 1. The minimum atomic E-state index is -0.552. The summed E-state index contributed by atoms with van der Waals surface area (Å²) < 4.78 is 24.5. The number of benzene rings is 1. The van der Waals surface area contributed by atoms with Crippen LogP contribution in [0.25, 0.3) is 0 Å². The molecule has 27 heavy (non-hydrogen) atoms. The molecule has 0 bridgehead atoms. The first kappa shape index (κ1) is 18.6. The molecule has 7 heteroatoms. The number of halogens is 1. The van der Waals surface area contributed by atoms with Gasteiger partial charge in [0.1, 0.15) is 0 Å². The molecule has 3 rings (SSSR count). The molecule has 140 valence electrons. The molecule has 2 heterocycles. The Balaban J connectivity index is 1.61. The van der Waals surface area contributed by atoms with Gasteiger partial charge in [0.2, 0.25) is 5.88 Å². The van der Waals surface area contributed by atoms with Gasteiger partial charge in [-0.05, 0) is 37.1 Å². The zero-order valence-corrected chi connectivity index (χ0v) is 15.0. The Bertz CT molecular complexity index is 866. The van der Waals surface area contributed by atoms with Crippen molar-refractivity contribution >= 4 is 5.91 Å². The minimum absolute atomic E-state index is 0.114. The van der Waals surface area contributed by atoms with Gasteiger partial charge in [-0.3, -0.25) is 4.79 Å². The van der Waals surface area contributed by atoms with Crippen LogP contribution in [0.3, 0.4) is 0 Å². The topological polar surface area (TPSA) is 75.4 Å². The van der Waals surface area contributed by atoms with Crippen molar-refractivity contribution < 1.29 is 18.7 Å².